The van der Waals surface area contributed by atoms with Crippen LogP contribution < -0.4 is 10.1 Å². The van der Waals surface area contributed by atoms with Gasteiger partial charge in [-0.3, -0.25) is 9.59 Å². The molecule has 0 spiro atoms. The highest BCUT2D eigenvalue weighted by Gasteiger charge is 2.18. The number of nitrogens with zero attached hydrogens (tertiary/aromatic N) is 1. The number of benzene rings is 1. The SMILES string of the molecule is O=C1CN(C(=O)CCCOc2ccc(F)cc2)CCCN1. The van der Waals surface area contributed by atoms with Crippen LogP contribution in [-0.4, -0.2) is 43.0 Å². The summed E-state index contributed by atoms with van der Waals surface area (Å²) in [6.07, 6.45) is 1.69. The first-order valence-corrected chi connectivity index (χ1v) is 7.08. The molecule has 1 aromatic rings. The lowest BCUT2D eigenvalue weighted by Crippen LogP contribution is -2.37. The Hall–Kier alpha value is -2.11. The topological polar surface area (TPSA) is 58.6 Å². The van der Waals surface area contributed by atoms with Gasteiger partial charge in [0.2, 0.25) is 11.8 Å². The van der Waals surface area contributed by atoms with Gasteiger partial charge < -0.3 is 15.0 Å². The van der Waals surface area contributed by atoms with Crippen molar-refractivity contribution in [3.63, 3.8) is 0 Å². The number of rotatable bonds is 5. The summed E-state index contributed by atoms with van der Waals surface area (Å²) in [7, 11) is 0. The number of nitrogens with one attached hydrogen (secondary N) is 1. The van der Waals surface area contributed by atoms with Crippen molar-refractivity contribution in [1.82, 2.24) is 10.2 Å². The van der Waals surface area contributed by atoms with Crippen molar-refractivity contribution in [3.8, 4) is 5.75 Å². The van der Waals surface area contributed by atoms with Crippen LogP contribution in [0.3, 0.4) is 0 Å². The van der Waals surface area contributed by atoms with Gasteiger partial charge in [-0.2, -0.15) is 0 Å². The van der Waals surface area contributed by atoms with Crippen LogP contribution in [0.25, 0.3) is 0 Å². The fourth-order valence-electron chi connectivity index (χ4n) is 2.12. The molecule has 1 saturated heterocycles. The lowest BCUT2D eigenvalue weighted by atomic mass is 10.2. The maximum absolute atomic E-state index is 12.7. The molecule has 0 unspecified atom stereocenters. The van der Waals surface area contributed by atoms with Crippen molar-refractivity contribution in [2.24, 2.45) is 0 Å². The third kappa shape index (κ3) is 5.06. The molecule has 1 heterocycles. The molecule has 0 saturated carbocycles. The molecule has 1 fully saturated rings. The molecule has 0 aliphatic carbocycles. The van der Waals surface area contributed by atoms with E-state index in [1.165, 1.54) is 12.1 Å². The van der Waals surface area contributed by atoms with Crippen molar-refractivity contribution in [2.75, 3.05) is 26.2 Å². The molecule has 1 aromatic carbocycles. The van der Waals surface area contributed by atoms with E-state index in [1.54, 1.807) is 17.0 Å². The van der Waals surface area contributed by atoms with Crippen LogP contribution in [0.1, 0.15) is 19.3 Å². The minimum absolute atomic E-state index is 0.0326. The van der Waals surface area contributed by atoms with Gasteiger partial charge in [-0.05, 0) is 37.1 Å². The van der Waals surface area contributed by atoms with Crippen LogP contribution in [0.5, 0.6) is 5.75 Å². The van der Waals surface area contributed by atoms with Crippen LogP contribution >= 0.6 is 0 Å². The molecule has 2 rings (SSSR count). The summed E-state index contributed by atoms with van der Waals surface area (Å²) in [5.41, 5.74) is 0. The van der Waals surface area contributed by atoms with Gasteiger partial charge in [0, 0.05) is 19.5 Å². The fourth-order valence-corrected chi connectivity index (χ4v) is 2.12. The monoisotopic (exact) mass is 294 g/mol. The summed E-state index contributed by atoms with van der Waals surface area (Å²) in [6, 6.07) is 5.76. The highest BCUT2D eigenvalue weighted by Crippen LogP contribution is 2.11. The van der Waals surface area contributed by atoms with E-state index in [-0.39, 0.29) is 24.2 Å². The number of carbonyl (C=O) groups excluding carboxylic acids is 2. The molecule has 5 nitrogen and oxygen atoms in total. The number of hydrogen-bond acceptors (Lipinski definition) is 3. The van der Waals surface area contributed by atoms with Crippen LogP contribution in [0.15, 0.2) is 24.3 Å². The molecule has 0 bridgehead atoms. The molecule has 1 N–H and O–H groups in total. The first kappa shape index (κ1) is 15.3. The summed E-state index contributed by atoms with van der Waals surface area (Å²) in [4.78, 5) is 25.0. The molecule has 0 radical (unpaired) electrons. The lowest BCUT2D eigenvalue weighted by Gasteiger charge is -2.18. The Labute approximate surface area is 123 Å². The molecule has 0 atom stereocenters. The van der Waals surface area contributed by atoms with Gasteiger partial charge in [0.1, 0.15) is 11.6 Å². The average Bonchev–Trinajstić information content (AvgIpc) is 2.70. The maximum Gasteiger partial charge on any atom is 0.239 e. The van der Waals surface area contributed by atoms with Crippen molar-refractivity contribution >= 4 is 11.8 Å². The highest BCUT2D eigenvalue weighted by molar-refractivity contribution is 5.85. The Morgan fingerprint density at radius 2 is 2.10 bits per heavy atom. The molecule has 6 heteroatoms. The maximum atomic E-state index is 12.7. The van der Waals surface area contributed by atoms with Crippen LogP contribution in [-0.2, 0) is 9.59 Å². The van der Waals surface area contributed by atoms with Gasteiger partial charge in [-0.25, -0.2) is 4.39 Å². The first-order chi connectivity index (χ1) is 10.1. The quantitative estimate of drug-likeness (QED) is 0.834. The van der Waals surface area contributed by atoms with Crippen molar-refractivity contribution in [3.05, 3.63) is 30.1 Å². The zero-order valence-corrected chi connectivity index (χ0v) is 11.8. The Kier molecular flexibility index (Phi) is 5.54. The second-order valence-electron chi connectivity index (χ2n) is 4.92. The molecular weight excluding hydrogens is 275 g/mol. The smallest absolute Gasteiger partial charge is 0.239 e. The van der Waals surface area contributed by atoms with Gasteiger partial charge in [0.05, 0.1) is 13.2 Å². The second kappa shape index (κ2) is 7.61. The Morgan fingerprint density at radius 3 is 2.86 bits per heavy atom. The van der Waals surface area contributed by atoms with E-state index in [0.717, 1.165) is 6.42 Å². The molecule has 1 aliphatic heterocycles. The van der Waals surface area contributed by atoms with Crippen molar-refractivity contribution in [1.29, 1.82) is 0 Å². The second-order valence-corrected chi connectivity index (χ2v) is 4.92. The third-order valence-electron chi connectivity index (χ3n) is 3.23. The number of halogens is 1. The van der Waals surface area contributed by atoms with Crippen molar-refractivity contribution in [2.45, 2.75) is 19.3 Å². The first-order valence-electron chi connectivity index (χ1n) is 7.08. The summed E-state index contributed by atoms with van der Waals surface area (Å²) < 4.78 is 18.1. The summed E-state index contributed by atoms with van der Waals surface area (Å²) in [6.45, 7) is 1.75. The van der Waals surface area contributed by atoms with E-state index in [2.05, 4.69) is 5.32 Å². The minimum atomic E-state index is -0.308. The lowest BCUT2D eigenvalue weighted by molar-refractivity contribution is -0.135. The van der Waals surface area contributed by atoms with Crippen LogP contribution in [0.2, 0.25) is 0 Å². The summed E-state index contributed by atoms with van der Waals surface area (Å²) in [5, 5.41) is 2.73. The Morgan fingerprint density at radius 1 is 1.33 bits per heavy atom. The molecule has 0 aromatic heterocycles. The van der Waals surface area contributed by atoms with Gasteiger partial charge in [-0.1, -0.05) is 0 Å². The van der Waals surface area contributed by atoms with Crippen molar-refractivity contribution < 1.29 is 18.7 Å². The molecular formula is C15H19FN2O3. The fraction of sp³-hybridized carbons (Fsp3) is 0.467. The summed E-state index contributed by atoms with van der Waals surface area (Å²) >= 11 is 0. The predicted molar refractivity (Wildman–Crippen MR) is 75.3 cm³/mol. The van der Waals surface area contributed by atoms with Crippen LogP contribution in [0.4, 0.5) is 4.39 Å². The van der Waals surface area contributed by atoms with E-state index in [4.69, 9.17) is 4.74 Å². The molecule has 1 aliphatic rings. The molecule has 21 heavy (non-hydrogen) atoms. The third-order valence-corrected chi connectivity index (χ3v) is 3.23. The minimum Gasteiger partial charge on any atom is -0.494 e. The number of amides is 2. The van der Waals surface area contributed by atoms with E-state index >= 15 is 0 Å². The summed E-state index contributed by atoms with van der Waals surface area (Å²) in [5.74, 6) is 0.133. The van der Waals surface area contributed by atoms with Gasteiger partial charge >= 0.3 is 0 Å². The van der Waals surface area contributed by atoms with Gasteiger partial charge in [0.15, 0.2) is 0 Å². The van der Waals surface area contributed by atoms with Gasteiger partial charge in [-0.15, -0.1) is 0 Å². The zero-order chi connectivity index (χ0) is 15.1. The average molecular weight is 294 g/mol. The normalized spacial score (nSPS) is 15.3. The molecule has 114 valence electrons. The standard InChI is InChI=1S/C15H19FN2O3/c16-12-4-6-13(7-5-12)21-10-1-3-15(20)18-9-2-8-17-14(19)11-18/h4-7H,1-3,8-11H2,(H,17,19). The van der Waals surface area contributed by atoms with E-state index in [1.807, 2.05) is 0 Å². The Balaban J connectivity index is 1.69. The predicted octanol–water partition coefficient (Wildman–Crippen LogP) is 1.33. The largest absolute Gasteiger partial charge is 0.494 e. The number of hydrogen-bond donors (Lipinski definition) is 1. The van der Waals surface area contributed by atoms with Gasteiger partial charge in [0.25, 0.3) is 0 Å². The van der Waals surface area contributed by atoms with Crippen LogP contribution in [0, 0.1) is 5.82 Å². The zero-order valence-electron chi connectivity index (χ0n) is 11.8. The van der Waals surface area contributed by atoms with E-state index in [0.29, 0.717) is 38.3 Å². The molecule has 2 amide bonds. The van der Waals surface area contributed by atoms with E-state index < -0.39 is 0 Å². The number of carbonyl (C=O) groups is 2. The Bertz CT molecular complexity index is 490. The number of ether oxygens (including phenoxy) is 1. The highest BCUT2D eigenvalue weighted by atomic mass is 19.1. The van der Waals surface area contributed by atoms with E-state index in [9.17, 15) is 14.0 Å².